The lowest BCUT2D eigenvalue weighted by atomic mass is 9.84. The van der Waals surface area contributed by atoms with Gasteiger partial charge in [-0.2, -0.15) is 0 Å². The SMILES string of the molecule is CCCCCCC(N)(C(=O)O)C(=O)c1cc(CCl)ccc1OC. The molecule has 0 saturated carbocycles. The first-order chi connectivity index (χ1) is 10.9. The van der Waals surface area contributed by atoms with Crippen molar-refractivity contribution in [2.75, 3.05) is 7.11 Å². The maximum absolute atomic E-state index is 12.8. The van der Waals surface area contributed by atoms with Crippen molar-refractivity contribution in [3.63, 3.8) is 0 Å². The zero-order chi connectivity index (χ0) is 17.5. The molecule has 0 fully saturated rings. The van der Waals surface area contributed by atoms with Gasteiger partial charge in [-0.3, -0.25) is 4.79 Å². The smallest absolute Gasteiger partial charge is 0.331 e. The van der Waals surface area contributed by atoms with Gasteiger partial charge < -0.3 is 15.6 Å². The molecule has 1 aromatic rings. The van der Waals surface area contributed by atoms with Gasteiger partial charge in [-0.25, -0.2) is 4.79 Å². The third-order valence-corrected chi connectivity index (χ3v) is 4.18. The highest BCUT2D eigenvalue weighted by atomic mass is 35.5. The summed E-state index contributed by atoms with van der Waals surface area (Å²) >= 11 is 5.79. The van der Waals surface area contributed by atoms with Crippen molar-refractivity contribution in [1.82, 2.24) is 0 Å². The molecule has 0 spiro atoms. The van der Waals surface area contributed by atoms with Crippen molar-refractivity contribution >= 4 is 23.4 Å². The van der Waals surface area contributed by atoms with Gasteiger partial charge in [-0.1, -0.05) is 38.7 Å². The number of aliphatic carboxylic acids is 1. The van der Waals surface area contributed by atoms with Gasteiger partial charge in [-0.05, 0) is 24.1 Å². The summed E-state index contributed by atoms with van der Waals surface area (Å²) in [5.74, 6) is -1.46. The Morgan fingerprint density at radius 3 is 2.52 bits per heavy atom. The number of carbonyl (C=O) groups is 2. The van der Waals surface area contributed by atoms with Gasteiger partial charge in [0.1, 0.15) is 5.75 Å². The molecule has 1 rings (SSSR count). The first-order valence-corrected chi connectivity index (χ1v) is 8.24. The van der Waals surface area contributed by atoms with E-state index in [1.807, 2.05) is 0 Å². The number of carbonyl (C=O) groups excluding carboxylic acids is 1. The lowest BCUT2D eigenvalue weighted by Gasteiger charge is -2.24. The Morgan fingerprint density at radius 1 is 1.30 bits per heavy atom. The molecule has 0 aliphatic carbocycles. The van der Waals surface area contributed by atoms with Gasteiger partial charge in [0.2, 0.25) is 0 Å². The normalized spacial score (nSPS) is 13.4. The third kappa shape index (κ3) is 4.69. The summed E-state index contributed by atoms with van der Waals surface area (Å²) in [6.07, 6.45) is 3.52. The minimum atomic E-state index is -1.95. The number of halogens is 1. The minimum absolute atomic E-state index is 0.0927. The molecule has 0 radical (unpaired) electrons. The Kier molecular flexibility index (Phi) is 7.52. The molecule has 1 atom stereocenters. The van der Waals surface area contributed by atoms with E-state index >= 15 is 0 Å². The average Bonchev–Trinajstić information content (AvgIpc) is 2.56. The van der Waals surface area contributed by atoms with Crippen LogP contribution in [0.3, 0.4) is 0 Å². The van der Waals surface area contributed by atoms with E-state index in [4.69, 9.17) is 22.1 Å². The zero-order valence-corrected chi connectivity index (χ0v) is 14.4. The Hall–Kier alpha value is -1.59. The molecule has 0 saturated heterocycles. The number of carboxylic acids is 1. The molecule has 3 N–H and O–H groups in total. The van der Waals surface area contributed by atoms with E-state index in [-0.39, 0.29) is 17.9 Å². The summed E-state index contributed by atoms with van der Waals surface area (Å²) in [5.41, 5.74) is 4.89. The fourth-order valence-electron chi connectivity index (χ4n) is 2.40. The van der Waals surface area contributed by atoms with E-state index in [9.17, 15) is 14.7 Å². The highest BCUT2D eigenvalue weighted by Crippen LogP contribution is 2.27. The second-order valence-corrected chi connectivity index (χ2v) is 5.85. The molecule has 0 aliphatic rings. The lowest BCUT2D eigenvalue weighted by Crippen LogP contribution is -2.55. The van der Waals surface area contributed by atoms with E-state index in [2.05, 4.69) is 6.92 Å². The minimum Gasteiger partial charge on any atom is -0.496 e. The molecule has 0 amide bonds. The molecule has 128 valence electrons. The van der Waals surface area contributed by atoms with Crippen molar-refractivity contribution in [1.29, 1.82) is 0 Å². The summed E-state index contributed by atoms with van der Waals surface area (Å²) in [5, 5.41) is 9.50. The fourth-order valence-corrected chi connectivity index (χ4v) is 2.57. The number of ether oxygens (including phenoxy) is 1. The molecule has 5 nitrogen and oxygen atoms in total. The van der Waals surface area contributed by atoms with Crippen LogP contribution in [-0.2, 0) is 10.7 Å². The Balaban J connectivity index is 3.12. The summed E-state index contributed by atoms with van der Waals surface area (Å²) in [6.45, 7) is 2.06. The molecular formula is C17H24ClNO4. The van der Waals surface area contributed by atoms with Crippen LogP contribution in [-0.4, -0.2) is 29.5 Å². The number of hydrogen-bond donors (Lipinski definition) is 2. The lowest BCUT2D eigenvalue weighted by molar-refractivity contribution is -0.141. The number of Topliss-reactive ketones (excluding diaryl/α,β-unsaturated/α-hetero) is 1. The topological polar surface area (TPSA) is 89.6 Å². The van der Waals surface area contributed by atoms with Crippen molar-refractivity contribution < 1.29 is 19.4 Å². The second-order valence-electron chi connectivity index (χ2n) is 5.58. The summed E-state index contributed by atoms with van der Waals surface area (Å²) < 4.78 is 5.17. The molecule has 6 heteroatoms. The van der Waals surface area contributed by atoms with Crippen LogP contribution < -0.4 is 10.5 Å². The van der Waals surface area contributed by atoms with Gasteiger partial charge in [0.05, 0.1) is 12.7 Å². The number of hydrogen-bond acceptors (Lipinski definition) is 4. The maximum atomic E-state index is 12.8. The molecule has 0 aliphatic heterocycles. The van der Waals surface area contributed by atoms with E-state index in [1.165, 1.54) is 7.11 Å². The number of unbranched alkanes of at least 4 members (excludes halogenated alkanes) is 3. The first kappa shape index (κ1) is 19.5. The highest BCUT2D eigenvalue weighted by Gasteiger charge is 2.43. The number of rotatable bonds is 10. The number of carboxylic acid groups (broad SMARTS) is 1. The number of methoxy groups -OCH3 is 1. The third-order valence-electron chi connectivity index (χ3n) is 3.87. The van der Waals surface area contributed by atoms with E-state index in [1.54, 1.807) is 18.2 Å². The summed E-state index contributed by atoms with van der Waals surface area (Å²) in [6, 6.07) is 4.87. The number of ketones is 1. The molecule has 1 unspecified atom stereocenters. The van der Waals surface area contributed by atoms with Crippen LogP contribution in [0.4, 0.5) is 0 Å². The molecule has 0 aromatic heterocycles. The van der Waals surface area contributed by atoms with Crippen LogP contribution in [0.15, 0.2) is 18.2 Å². The second kappa shape index (κ2) is 8.89. The van der Waals surface area contributed by atoms with Crippen LogP contribution in [0.1, 0.15) is 54.9 Å². The van der Waals surface area contributed by atoms with Crippen LogP contribution >= 0.6 is 11.6 Å². The van der Waals surface area contributed by atoms with E-state index in [0.717, 1.165) is 19.3 Å². The predicted octanol–water partition coefficient (Wildman–Crippen LogP) is 3.37. The van der Waals surface area contributed by atoms with Gasteiger partial charge in [0.25, 0.3) is 0 Å². The molecule has 1 aromatic carbocycles. The van der Waals surface area contributed by atoms with Crippen molar-refractivity contribution in [3.05, 3.63) is 29.3 Å². The number of benzene rings is 1. The summed E-state index contributed by atoms with van der Waals surface area (Å²) in [4.78, 5) is 24.4. The van der Waals surface area contributed by atoms with Gasteiger partial charge in [-0.15, -0.1) is 11.6 Å². The number of alkyl halides is 1. The predicted molar refractivity (Wildman–Crippen MR) is 90.2 cm³/mol. The van der Waals surface area contributed by atoms with Gasteiger partial charge in [0, 0.05) is 5.88 Å². The zero-order valence-electron chi connectivity index (χ0n) is 13.6. The molecule has 0 heterocycles. The average molecular weight is 342 g/mol. The number of nitrogens with two attached hydrogens (primary N) is 1. The standard InChI is InChI=1S/C17H24ClNO4/c1-3-4-5-6-9-17(19,16(21)22)15(20)13-10-12(11-18)7-8-14(13)23-2/h7-8,10H,3-6,9,11,19H2,1-2H3,(H,21,22). The Morgan fingerprint density at radius 2 is 2.00 bits per heavy atom. The van der Waals surface area contributed by atoms with Crippen molar-refractivity contribution in [2.45, 2.75) is 50.4 Å². The summed E-state index contributed by atoms with van der Waals surface area (Å²) in [7, 11) is 1.42. The molecule has 0 bridgehead atoms. The van der Waals surface area contributed by atoms with E-state index < -0.39 is 17.3 Å². The Labute approximate surface area is 141 Å². The monoisotopic (exact) mass is 341 g/mol. The van der Waals surface area contributed by atoms with Gasteiger partial charge >= 0.3 is 5.97 Å². The molecule has 23 heavy (non-hydrogen) atoms. The maximum Gasteiger partial charge on any atom is 0.331 e. The molecular weight excluding hydrogens is 318 g/mol. The quantitative estimate of drug-likeness (QED) is 0.295. The van der Waals surface area contributed by atoms with Crippen LogP contribution in [0, 0.1) is 0 Å². The highest BCUT2D eigenvalue weighted by molar-refractivity contribution is 6.18. The van der Waals surface area contributed by atoms with Crippen molar-refractivity contribution in [3.8, 4) is 5.75 Å². The van der Waals surface area contributed by atoms with Crippen molar-refractivity contribution in [2.24, 2.45) is 5.73 Å². The van der Waals surface area contributed by atoms with Crippen LogP contribution in [0.25, 0.3) is 0 Å². The largest absolute Gasteiger partial charge is 0.496 e. The fraction of sp³-hybridized carbons (Fsp3) is 0.529. The Bertz CT molecular complexity index is 562. The van der Waals surface area contributed by atoms with Gasteiger partial charge in [0.15, 0.2) is 11.3 Å². The van der Waals surface area contributed by atoms with Crippen LogP contribution in [0.2, 0.25) is 0 Å². The van der Waals surface area contributed by atoms with E-state index in [0.29, 0.717) is 17.7 Å². The van der Waals surface area contributed by atoms with Crippen LogP contribution in [0.5, 0.6) is 5.75 Å². The first-order valence-electron chi connectivity index (χ1n) is 7.70.